The third-order valence-electron chi connectivity index (χ3n) is 0. The molecule has 0 aliphatic carbocycles. The summed E-state index contributed by atoms with van der Waals surface area (Å²) in [7, 11) is 0. The molecule has 3 heteroatoms. The zero-order valence-electron chi connectivity index (χ0n) is 4.96. The van der Waals surface area contributed by atoms with E-state index in [-0.39, 0.29) is 18.6 Å². The molecule has 8 heavy (non-hydrogen) atoms. The van der Waals surface area contributed by atoms with Gasteiger partial charge in [0.25, 0.3) is 0 Å². The van der Waals surface area contributed by atoms with Crippen molar-refractivity contribution in [2.24, 2.45) is 0 Å². The summed E-state index contributed by atoms with van der Waals surface area (Å²) >= 11 is 0. The first-order valence-corrected chi connectivity index (χ1v) is 1.69. The fourth-order valence-corrected chi connectivity index (χ4v) is 0. The third kappa shape index (κ3) is 3150. The number of allylic oxidation sites excluding steroid dienone is 1. The van der Waals surface area contributed by atoms with Crippen molar-refractivity contribution in [2.45, 2.75) is 6.92 Å². The van der Waals surface area contributed by atoms with E-state index in [0.29, 0.717) is 0 Å². The van der Waals surface area contributed by atoms with Crippen LogP contribution in [0.15, 0.2) is 12.7 Å². The van der Waals surface area contributed by atoms with Crippen molar-refractivity contribution in [1.82, 2.24) is 0 Å². The number of hydrogen-bond donors (Lipinski definition) is 0. The van der Waals surface area contributed by atoms with Crippen LogP contribution in [-0.2, 0) is 18.6 Å². The van der Waals surface area contributed by atoms with Crippen molar-refractivity contribution in [3.8, 4) is 0 Å². The molecule has 0 heterocycles. The molecule has 0 aromatic rings. The molecule has 0 amide bonds. The van der Waals surface area contributed by atoms with Gasteiger partial charge < -0.3 is 6.92 Å². The summed E-state index contributed by atoms with van der Waals surface area (Å²) < 4.78 is 0. The van der Waals surface area contributed by atoms with E-state index in [0.717, 1.165) is 0 Å². The van der Waals surface area contributed by atoms with Crippen LogP contribution in [0.2, 0.25) is 0 Å². The van der Waals surface area contributed by atoms with E-state index in [1.807, 2.05) is 0 Å². The molecule has 0 atom stereocenters. The van der Waals surface area contributed by atoms with Crippen molar-refractivity contribution >= 4 is 0 Å². The van der Waals surface area contributed by atoms with Crippen molar-refractivity contribution in [3.05, 3.63) is 36.4 Å². The maximum atomic E-state index is 7.00. The van der Waals surface area contributed by atoms with Gasteiger partial charge in [0.15, 0.2) is 0 Å². The number of hydrogen-bond acceptors (Lipinski definition) is 2. The predicted octanol–water partition coefficient (Wildman–Crippen LogP) is 1.91. The molecule has 0 aliphatic rings. The van der Waals surface area contributed by atoms with Crippen molar-refractivity contribution in [3.63, 3.8) is 0 Å². The Morgan fingerprint density at radius 1 is 1.38 bits per heavy atom. The van der Waals surface area contributed by atoms with Crippen LogP contribution in [0.4, 0.5) is 0 Å². The molecule has 0 spiro atoms. The molecule has 0 N–H and O–H groups in total. The van der Waals surface area contributed by atoms with Crippen LogP contribution < -0.4 is 0 Å². The SMILES string of the molecule is C=C[CH2-].O=O.[CH2-]C.[V+2]. The monoisotopic (exact) mass is 153 g/mol. The Morgan fingerprint density at radius 3 is 1.38 bits per heavy atom. The van der Waals surface area contributed by atoms with Gasteiger partial charge in [-0.2, -0.15) is 6.92 Å². The zero-order valence-corrected chi connectivity index (χ0v) is 6.36. The first-order chi connectivity index (χ1) is 3.41. The quantitative estimate of drug-likeness (QED) is 0.498. The molecule has 0 rings (SSSR count). The Balaban J connectivity index is -0.0000000147. The van der Waals surface area contributed by atoms with E-state index >= 15 is 0 Å². The van der Waals surface area contributed by atoms with Crippen molar-refractivity contribution in [1.29, 1.82) is 0 Å². The molecule has 0 bridgehead atoms. The Kier molecular flexibility index (Phi) is 1130. The average Bonchev–Trinajstić information content (AvgIpc) is 1.78. The van der Waals surface area contributed by atoms with Gasteiger partial charge in [-0.1, -0.05) is 0 Å². The minimum atomic E-state index is 0. The third-order valence-corrected chi connectivity index (χ3v) is 0. The van der Waals surface area contributed by atoms with Crippen LogP contribution in [0, 0.1) is 23.8 Å². The van der Waals surface area contributed by atoms with E-state index in [1.165, 1.54) is 6.08 Å². The van der Waals surface area contributed by atoms with Crippen molar-refractivity contribution in [2.75, 3.05) is 0 Å². The Bertz CT molecular complexity index is 24.4. The van der Waals surface area contributed by atoms with Gasteiger partial charge in [0.1, 0.15) is 0 Å². The van der Waals surface area contributed by atoms with Crippen LogP contribution in [0.25, 0.3) is 0 Å². The van der Waals surface area contributed by atoms with Gasteiger partial charge in [0.2, 0.25) is 0 Å². The smallest absolute Gasteiger partial charge is 0.346 e. The summed E-state index contributed by atoms with van der Waals surface area (Å²) in [4.78, 5) is 14.0. The maximum Gasteiger partial charge on any atom is 2.00 e. The summed E-state index contributed by atoms with van der Waals surface area (Å²) in [5, 5.41) is 0. The summed E-state index contributed by atoms with van der Waals surface area (Å²) in [6.45, 7) is 11.5. The molecule has 2 nitrogen and oxygen atoms in total. The van der Waals surface area contributed by atoms with Crippen molar-refractivity contribution < 1.29 is 18.6 Å². The molecule has 0 saturated heterocycles. The topological polar surface area (TPSA) is 34.1 Å². The second kappa shape index (κ2) is 361. The second-order valence-electron chi connectivity index (χ2n) is 0.289. The van der Waals surface area contributed by atoms with E-state index in [1.54, 1.807) is 6.92 Å². The van der Waals surface area contributed by atoms with Gasteiger partial charge in [0.05, 0.1) is 0 Å². The summed E-state index contributed by atoms with van der Waals surface area (Å²) in [5.74, 6) is 0. The molecule has 0 aromatic carbocycles. The van der Waals surface area contributed by atoms with E-state index in [4.69, 9.17) is 9.93 Å². The number of rotatable bonds is 0. The minimum Gasteiger partial charge on any atom is -0.346 e. The van der Waals surface area contributed by atoms with Gasteiger partial charge in [0, 0.05) is 9.93 Å². The Morgan fingerprint density at radius 2 is 1.38 bits per heavy atom. The maximum absolute atomic E-state index is 7.00. The minimum absolute atomic E-state index is 0. The van der Waals surface area contributed by atoms with Gasteiger partial charge >= 0.3 is 18.6 Å². The molecule has 0 unspecified atom stereocenters. The molecule has 47 valence electrons. The van der Waals surface area contributed by atoms with Crippen LogP contribution in [-0.4, -0.2) is 0 Å². The van der Waals surface area contributed by atoms with Gasteiger partial charge in [-0.15, -0.1) is 0 Å². The van der Waals surface area contributed by atoms with Gasteiger partial charge in [-0.25, -0.2) is 19.6 Å². The fraction of sp³-hybridized carbons (Fsp3) is 0.200. The zero-order chi connectivity index (χ0) is 6.71. The summed E-state index contributed by atoms with van der Waals surface area (Å²) in [5.41, 5.74) is 0. The Labute approximate surface area is 62.5 Å². The first kappa shape index (κ1) is 25.0. The Hall–Kier alpha value is -0.206. The predicted molar refractivity (Wildman–Crippen MR) is 33.3 cm³/mol. The van der Waals surface area contributed by atoms with Crippen LogP contribution in [0.1, 0.15) is 6.92 Å². The molecular weight excluding hydrogens is 143 g/mol. The second-order valence-corrected chi connectivity index (χ2v) is 0.289. The fourth-order valence-electron chi connectivity index (χ4n) is 0. The van der Waals surface area contributed by atoms with Crippen LogP contribution >= 0.6 is 0 Å². The molecular formula is C5H10O2V. The van der Waals surface area contributed by atoms with E-state index in [2.05, 4.69) is 20.4 Å². The van der Waals surface area contributed by atoms with Gasteiger partial charge in [-0.05, 0) is 0 Å². The normalized spacial score (nSPS) is 2.75. The summed E-state index contributed by atoms with van der Waals surface area (Å²) in [6, 6.07) is 0. The molecule has 1 radical (unpaired) electrons. The molecule has 0 aliphatic heterocycles. The van der Waals surface area contributed by atoms with Crippen LogP contribution in [0.3, 0.4) is 0 Å². The van der Waals surface area contributed by atoms with E-state index in [9.17, 15) is 0 Å². The van der Waals surface area contributed by atoms with E-state index < -0.39 is 0 Å². The van der Waals surface area contributed by atoms with Gasteiger partial charge in [-0.3, -0.25) is 0 Å². The molecule has 0 aromatic heterocycles. The first-order valence-electron chi connectivity index (χ1n) is 1.69. The van der Waals surface area contributed by atoms with Crippen LogP contribution in [0.5, 0.6) is 0 Å². The largest absolute Gasteiger partial charge is 2.00 e. The average molecular weight is 153 g/mol. The standard InChI is InChI=1S/C3H5.C2H5.O2.V/c1-3-2;2*1-2;/h3H,1-2H2;1H2,2H3;;/q2*-1;;+2. The molecule has 0 fully saturated rings. The molecule has 0 saturated carbocycles. The summed E-state index contributed by atoms with van der Waals surface area (Å²) in [6.07, 6.45) is 1.50.